The Balaban J connectivity index is 0.000000204. The molecule has 59 heavy (non-hydrogen) atoms. The van der Waals surface area contributed by atoms with Crippen molar-refractivity contribution in [3.05, 3.63) is 130 Å². The summed E-state index contributed by atoms with van der Waals surface area (Å²) in [5, 5.41) is 41.2. The first-order valence-corrected chi connectivity index (χ1v) is 21.1. The second-order valence-corrected chi connectivity index (χ2v) is 19.5. The molecule has 0 amide bonds. The van der Waals surface area contributed by atoms with Gasteiger partial charge in [-0.1, -0.05) is 149 Å². The van der Waals surface area contributed by atoms with E-state index in [1.807, 2.05) is 72.8 Å². The van der Waals surface area contributed by atoms with Crippen molar-refractivity contribution in [1.82, 2.24) is 30.0 Å². The van der Waals surface area contributed by atoms with Gasteiger partial charge in [0, 0.05) is 22.6 Å². The van der Waals surface area contributed by atoms with E-state index in [9.17, 15) is 10.2 Å². The van der Waals surface area contributed by atoms with Crippen LogP contribution in [0.5, 0.6) is 11.5 Å². The highest BCUT2D eigenvalue weighted by atomic mass is 16.3. The Kier molecular flexibility index (Phi) is 11.9. The number of hydrogen-bond acceptors (Lipinski definition) is 6. The Morgan fingerprint density at radius 2 is 0.983 bits per heavy atom. The van der Waals surface area contributed by atoms with Crippen molar-refractivity contribution in [2.75, 3.05) is 0 Å². The molecule has 0 radical (unpaired) electrons. The number of aromatic nitrogens is 6. The summed E-state index contributed by atoms with van der Waals surface area (Å²) in [6, 6.07) is 32.3. The molecule has 0 aliphatic rings. The lowest BCUT2D eigenvalue weighted by atomic mass is 9.71. The van der Waals surface area contributed by atoms with E-state index in [2.05, 4.69) is 124 Å². The third-order valence-electron chi connectivity index (χ3n) is 12.2. The van der Waals surface area contributed by atoms with Gasteiger partial charge < -0.3 is 10.2 Å². The highest BCUT2D eigenvalue weighted by Crippen LogP contribution is 2.45. The van der Waals surface area contributed by atoms with Crippen LogP contribution in [0.15, 0.2) is 97.1 Å². The number of phenols is 2. The predicted molar refractivity (Wildman–Crippen MR) is 243 cm³/mol. The van der Waals surface area contributed by atoms with E-state index in [-0.39, 0.29) is 33.3 Å². The first-order valence-electron chi connectivity index (χ1n) is 21.1. The van der Waals surface area contributed by atoms with E-state index < -0.39 is 0 Å². The average Bonchev–Trinajstić information content (AvgIpc) is 3.82. The van der Waals surface area contributed by atoms with Gasteiger partial charge in [0.1, 0.15) is 39.3 Å². The summed E-state index contributed by atoms with van der Waals surface area (Å²) in [7, 11) is 0. The van der Waals surface area contributed by atoms with E-state index in [1.165, 1.54) is 5.56 Å². The van der Waals surface area contributed by atoms with Crippen LogP contribution in [-0.4, -0.2) is 40.2 Å². The fourth-order valence-electron chi connectivity index (χ4n) is 8.28. The van der Waals surface area contributed by atoms with Gasteiger partial charge in [-0.15, -0.1) is 25.2 Å². The lowest BCUT2D eigenvalue weighted by Gasteiger charge is -2.34. The molecular formula is C51H64N6O2. The monoisotopic (exact) mass is 793 g/mol. The maximum Gasteiger partial charge on any atom is 0.146 e. The van der Waals surface area contributed by atoms with Crippen molar-refractivity contribution in [3.8, 4) is 22.9 Å². The van der Waals surface area contributed by atoms with Crippen LogP contribution in [0.1, 0.15) is 142 Å². The van der Waals surface area contributed by atoms with Crippen LogP contribution in [-0.2, 0) is 16.2 Å². The Morgan fingerprint density at radius 3 is 1.47 bits per heavy atom. The van der Waals surface area contributed by atoms with Crippen molar-refractivity contribution < 1.29 is 10.2 Å². The summed E-state index contributed by atoms with van der Waals surface area (Å²) in [4.78, 5) is 3.29. The molecule has 7 aromatic rings. The molecule has 2 N–H and O–H groups in total. The fraction of sp³-hybridized carbons (Fsp3) is 0.412. The van der Waals surface area contributed by atoms with Crippen LogP contribution in [0.4, 0.5) is 0 Å². The maximum atomic E-state index is 11.5. The van der Waals surface area contributed by atoms with Crippen LogP contribution in [0.2, 0.25) is 0 Å². The van der Waals surface area contributed by atoms with Crippen molar-refractivity contribution >= 4 is 22.1 Å². The number of nitrogens with zero attached hydrogens (tertiary/aromatic N) is 6. The fourth-order valence-corrected chi connectivity index (χ4v) is 8.28. The molecule has 1 unspecified atom stereocenters. The Morgan fingerprint density at radius 1 is 0.525 bits per heavy atom. The molecule has 0 aliphatic heterocycles. The van der Waals surface area contributed by atoms with Crippen molar-refractivity contribution in [2.45, 2.75) is 131 Å². The third kappa shape index (κ3) is 9.07. The molecule has 2 aromatic heterocycles. The Hall–Kier alpha value is -5.50. The minimum Gasteiger partial charge on any atom is -0.507 e. The molecule has 5 aromatic carbocycles. The SMILES string of the molecule is CCC(C)(C)c1cc(-n2nc3ccccc3n2)c(O)c(C(C)(C)CC)c1.Cc1cc(C(C)c2ccccc2-n2nc3ccccc3n2)c(O)c(C(C)(C)CC(C)(C)C)c1. The van der Waals surface area contributed by atoms with Gasteiger partial charge in [-0.25, -0.2) is 0 Å². The second-order valence-electron chi connectivity index (χ2n) is 19.5. The van der Waals surface area contributed by atoms with Crippen LogP contribution in [0.25, 0.3) is 33.4 Å². The first-order chi connectivity index (χ1) is 27.7. The van der Waals surface area contributed by atoms with E-state index in [1.54, 1.807) is 9.59 Å². The number of rotatable bonds is 10. The van der Waals surface area contributed by atoms with Gasteiger partial charge in [0.05, 0.1) is 5.69 Å². The third-order valence-corrected chi connectivity index (χ3v) is 12.2. The smallest absolute Gasteiger partial charge is 0.146 e. The molecule has 1 atom stereocenters. The molecule has 8 nitrogen and oxygen atoms in total. The van der Waals surface area contributed by atoms with Crippen molar-refractivity contribution in [3.63, 3.8) is 0 Å². The lowest BCUT2D eigenvalue weighted by molar-refractivity contribution is 0.278. The number of para-hydroxylation sites is 1. The highest BCUT2D eigenvalue weighted by molar-refractivity contribution is 5.74. The van der Waals surface area contributed by atoms with E-state index >= 15 is 0 Å². The molecule has 310 valence electrons. The Labute approximate surface area is 351 Å². The molecule has 8 heteroatoms. The quantitative estimate of drug-likeness (QED) is 0.143. The molecule has 2 heterocycles. The van der Waals surface area contributed by atoms with Gasteiger partial charge in [0.2, 0.25) is 0 Å². The summed E-state index contributed by atoms with van der Waals surface area (Å²) in [5.74, 6) is 0.642. The minimum absolute atomic E-state index is 0.00754. The van der Waals surface area contributed by atoms with E-state index in [0.717, 1.165) is 74.8 Å². The number of phenolic OH excluding ortho intramolecular Hbond substituents is 2. The molecule has 0 bridgehead atoms. The van der Waals surface area contributed by atoms with Gasteiger partial charge in [-0.05, 0) is 95.4 Å². The summed E-state index contributed by atoms with van der Waals surface area (Å²) in [5.41, 5.74) is 11.2. The largest absolute Gasteiger partial charge is 0.507 e. The number of aromatic hydroxyl groups is 2. The molecule has 0 spiro atoms. The van der Waals surface area contributed by atoms with Crippen LogP contribution in [0.3, 0.4) is 0 Å². The van der Waals surface area contributed by atoms with Crippen LogP contribution in [0, 0.1) is 12.3 Å². The zero-order chi connectivity index (χ0) is 43.1. The van der Waals surface area contributed by atoms with E-state index in [4.69, 9.17) is 10.2 Å². The van der Waals surface area contributed by atoms with E-state index in [0.29, 0.717) is 11.4 Å². The van der Waals surface area contributed by atoms with Crippen molar-refractivity contribution in [2.24, 2.45) is 5.41 Å². The second kappa shape index (κ2) is 16.3. The minimum atomic E-state index is -0.149. The topological polar surface area (TPSA) is 102 Å². The van der Waals surface area contributed by atoms with Crippen molar-refractivity contribution in [1.29, 1.82) is 0 Å². The van der Waals surface area contributed by atoms with Gasteiger partial charge in [0.15, 0.2) is 0 Å². The summed E-state index contributed by atoms with van der Waals surface area (Å²) >= 11 is 0. The molecule has 0 saturated carbocycles. The molecule has 0 fully saturated rings. The maximum absolute atomic E-state index is 11.5. The van der Waals surface area contributed by atoms with Crippen LogP contribution < -0.4 is 0 Å². The highest BCUT2D eigenvalue weighted by Gasteiger charge is 2.32. The lowest BCUT2D eigenvalue weighted by Crippen LogP contribution is -2.25. The summed E-state index contributed by atoms with van der Waals surface area (Å²) in [6.45, 7) is 28.6. The number of hydrogen-bond donors (Lipinski definition) is 2. The number of fused-ring (bicyclic) bond motifs is 2. The Bertz CT molecular complexity index is 2520. The zero-order valence-corrected chi connectivity index (χ0v) is 37.5. The number of aryl methyl sites for hydroxylation is 1. The van der Waals surface area contributed by atoms with Gasteiger partial charge in [-0.2, -0.15) is 4.80 Å². The standard InChI is InChI=1S/C29H35N3O.C22H29N3O/c1-19-16-22(27(33)23(17-19)29(6,7)18-28(3,4)5)20(2)21-12-8-11-15-26(21)32-30-24-13-9-10-14-25(24)31-32;1-7-21(3,4)15-13-16(22(5,6)8-2)20(26)19(14-15)25-23-17-11-9-10-12-18(17)24-25/h8-17,20,33H,18H2,1-7H3;9-14,26H,7-8H2,1-6H3. The summed E-state index contributed by atoms with van der Waals surface area (Å²) in [6.07, 6.45) is 2.92. The van der Waals surface area contributed by atoms with Crippen LogP contribution >= 0.6 is 0 Å². The zero-order valence-electron chi connectivity index (χ0n) is 37.5. The summed E-state index contributed by atoms with van der Waals surface area (Å²) < 4.78 is 0. The van der Waals surface area contributed by atoms with Gasteiger partial charge in [0.25, 0.3) is 0 Å². The number of benzene rings is 5. The molecular weight excluding hydrogens is 729 g/mol. The molecule has 7 rings (SSSR count). The normalized spacial score (nSPS) is 13.1. The first kappa shape index (κ1) is 43.1. The van der Waals surface area contributed by atoms with Gasteiger partial charge in [-0.3, -0.25) is 0 Å². The average molecular weight is 793 g/mol. The molecule has 0 saturated heterocycles. The van der Waals surface area contributed by atoms with Gasteiger partial charge >= 0.3 is 0 Å². The molecule has 0 aliphatic carbocycles. The predicted octanol–water partition coefficient (Wildman–Crippen LogP) is 12.8.